The summed E-state index contributed by atoms with van der Waals surface area (Å²) in [5, 5.41) is 0. The third-order valence-electron chi connectivity index (χ3n) is 3.25. The van der Waals surface area contributed by atoms with Gasteiger partial charge in [0.1, 0.15) is 0 Å². The quantitative estimate of drug-likeness (QED) is 0.644. The van der Waals surface area contributed by atoms with Gasteiger partial charge in [-0.1, -0.05) is 18.6 Å². The number of nitrogens with zero attached hydrogens (tertiary/aromatic N) is 1. The van der Waals surface area contributed by atoms with E-state index in [-0.39, 0.29) is 0 Å². The van der Waals surface area contributed by atoms with Gasteiger partial charge >= 0.3 is 0 Å². The lowest BCUT2D eigenvalue weighted by atomic mass is 10.0. The number of morpholine rings is 1. The molecule has 2 nitrogen and oxygen atoms in total. The molecule has 1 fully saturated rings. The molecule has 0 spiro atoms. The summed E-state index contributed by atoms with van der Waals surface area (Å²) < 4.78 is 5.35. The van der Waals surface area contributed by atoms with Crippen LogP contribution >= 0.6 is 0 Å². The van der Waals surface area contributed by atoms with Gasteiger partial charge in [-0.25, -0.2) is 0 Å². The van der Waals surface area contributed by atoms with Crippen LogP contribution in [0.25, 0.3) is 0 Å². The van der Waals surface area contributed by atoms with Gasteiger partial charge in [-0.3, -0.25) is 4.90 Å². The summed E-state index contributed by atoms with van der Waals surface area (Å²) in [6.07, 6.45) is 6.25. The molecule has 1 rings (SSSR count). The minimum absolute atomic E-state index is 0.846. The van der Waals surface area contributed by atoms with Crippen molar-refractivity contribution in [2.75, 3.05) is 32.8 Å². The molecule has 2 heteroatoms. The molecule has 1 atom stereocenters. The van der Waals surface area contributed by atoms with Gasteiger partial charge in [0.25, 0.3) is 0 Å². The van der Waals surface area contributed by atoms with Crippen LogP contribution in [-0.2, 0) is 4.74 Å². The standard InChI is InChI=1S/C14H27NO/c1-13(2)5-4-6-14(3)7-8-15-9-11-16-12-10-15/h5,14H,4,6-12H2,1-3H3. The van der Waals surface area contributed by atoms with E-state index in [2.05, 4.69) is 31.7 Å². The van der Waals surface area contributed by atoms with Crippen molar-refractivity contribution in [3.05, 3.63) is 11.6 Å². The Morgan fingerprint density at radius 3 is 2.56 bits per heavy atom. The van der Waals surface area contributed by atoms with E-state index in [1.54, 1.807) is 0 Å². The first-order chi connectivity index (χ1) is 7.68. The van der Waals surface area contributed by atoms with Crippen LogP contribution in [0, 0.1) is 5.92 Å². The lowest BCUT2D eigenvalue weighted by molar-refractivity contribution is 0.0355. The molecule has 0 bridgehead atoms. The average molecular weight is 225 g/mol. The van der Waals surface area contributed by atoms with Crippen LogP contribution in [-0.4, -0.2) is 37.7 Å². The predicted octanol–water partition coefficient (Wildman–Crippen LogP) is 3.09. The molecule has 1 heterocycles. The van der Waals surface area contributed by atoms with E-state index in [1.165, 1.54) is 31.4 Å². The maximum Gasteiger partial charge on any atom is 0.0594 e. The Kier molecular flexibility index (Phi) is 6.74. The number of hydrogen-bond acceptors (Lipinski definition) is 2. The van der Waals surface area contributed by atoms with E-state index in [1.807, 2.05) is 0 Å². The molecule has 94 valence electrons. The number of allylic oxidation sites excluding steroid dienone is 2. The fraction of sp³-hybridized carbons (Fsp3) is 0.857. The molecular formula is C14H27NO. The van der Waals surface area contributed by atoms with Gasteiger partial charge in [0.2, 0.25) is 0 Å². The average Bonchev–Trinajstić information content (AvgIpc) is 2.27. The van der Waals surface area contributed by atoms with Gasteiger partial charge in [0, 0.05) is 13.1 Å². The fourth-order valence-corrected chi connectivity index (χ4v) is 2.03. The molecular weight excluding hydrogens is 198 g/mol. The molecule has 1 aliphatic rings. The van der Waals surface area contributed by atoms with Crippen LogP contribution in [0.2, 0.25) is 0 Å². The summed E-state index contributed by atoms with van der Waals surface area (Å²) >= 11 is 0. The topological polar surface area (TPSA) is 12.5 Å². The highest BCUT2D eigenvalue weighted by atomic mass is 16.5. The van der Waals surface area contributed by atoms with E-state index in [4.69, 9.17) is 4.74 Å². The summed E-state index contributed by atoms with van der Waals surface area (Å²) in [5.74, 6) is 0.846. The Morgan fingerprint density at radius 2 is 1.94 bits per heavy atom. The molecule has 0 N–H and O–H groups in total. The van der Waals surface area contributed by atoms with Gasteiger partial charge in [-0.05, 0) is 45.6 Å². The lowest BCUT2D eigenvalue weighted by Gasteiger charge is -2.27. The summed E-state index contributed by atoms with van der Waals surface area (Å²) in [6, 6.07) is 0. The monoisotopic (exact) mass is 225 g/mol. The Labute approximate surface area is 101 Å². The fourth-order valence-electron chi connectivity index (χ4n) is 2.03. The lowest BCUT2D eigenvalue weighted by Crippen LogP contribution is -2.37. The predicted molar refractivity (Wildman–Crippen MR) is 69.7 cm³/mol. The Bertz CT molecular complexity index is 203. The minimum Gasteiger partial charge on any atom is -0.379 e. The van der Waals surface area contributed by atoms with Crippen molar-refractivity contribution >= 4 is 0 Å². The van der Waals surface area contributed by atoms with Gasteiger partial charge in [0.15, 0.2) is 0 Å². The van der Waals surface area contributed by atoms with Gasteiger partial charge < -0.3 is 4.74 Å². The van der Waals surface area contributed by atoms with Crippen LogP contribution in [0.4, 0.5) is 0 Å². The van der Waals surface area contributed by atoms with Gasteiger partial charge in [0.05, 0.1) is 13.2 Å². The smallest absolute Gasteiger partial charge is 0.0594 e. The maximum absolute atomic E-state index is 5.35. The second-order valence-corrected chi connectivity index (χ2v) is 5.21. The van der Waals surface area contributed by atoms with Crippen molar-refractivity contribution < 1.29 is 4.74 Å². The first-order valence-electron chi connectivity index (χ1n) is 6.62. The molecule has 0 amide bonds. The van der Waals surface area contributed by atoms with Crippen LogP contribution < -0.4 is 0 Å². The highest BCUT2D eigenvalue weighted by Gasteiger charge is 2.11. The summed E-state index contributed by atoms with van der Waals surface area (Å²) in [4.78, 5) is 2.53. The van der Waals surface area contributed by atoms with Crippen molar-refractivity contribution in [2.45, 2.75) is 40.0 Å². The van der Waals surface area contributed by atoms with Crippen molar-refractivity contribution in [3.8, 4) is 0 Å². The third-order valence-corrected chi connectivity index (χ3v) is 3.25. The van der Waals surface area contributed by atoms with Gasteiger partial charge in [-0.15, -0.1) is 0 Å². The largest absolute Gasteiger partial charge is 0.379 e. The first-order valence-corrected chi connectivity index (χ1v) is 6.62. The van der Waals surface area contributed by atoms with E-state index in [0.717, 1.165) is 32.2 Å². The number of hydrogen-bond donors (Lipinski definition) is 0. The molecule has 0 aromatic rings. The van der Waals surface area contributed by atoms with Crippen molar-refractivity contribution in [1.82, 2.24) is 4.90 Å². The molecule has 0 aliphatic carbocycles. The molecule has 1 unspecified atom stereocenters. The van der Waals surface area contributed by atoms with E-state index in [9.17, 15) is 0 Å². The zero-order chi connectivity index (χ0) is 11.8. The zero-order valence-electron chi connectivity index (χ0n) is 11.2. The second kappa shape index (κ2) is 7.86. The summed E-state index contributed by atoms with van der Waals surface area (Å²) in [5.41, 5.74) is 1.44. The Morgan fingerprint density at radius 1 is 1.25 bits per heavy atom. The highest BCUT2D eigenvalue weighted by Crippen LogP contribution is 2.13. The van der Waals surface area contributed by atoms with E-state index in [0.29, 0.717) is 0 Å². The van der Waals surface area contributed by atoms with Crippen LogP contribution in [0.3, 0.4) is 0 Å². The van der Waals surface area contributed by atoms with Crippen molar-refractivity contribution in [2.24, 2.45) is 5.92 Å². The molecule has 0 radical (unpaired) electrons. The summed E-state index contributed by atoms with van der Waals surface area (Å²) in [6.45, 7) is 12.1. The molecule has 0 aromatic heterocycles. The van der Waals surface area contributed by atoms with Crippen molar-refractivity contribution in [1.29, 1.82) is 0 Å². The zero-order valence-corrected chi connectivity index (χ0v) is 11.2. The van der Waals surface area contributed by atoms with Crippen molar-refractivity contribution in [3.63, 3.8) is 0 Å². The third kappa shape index (κ3) is 6.29. The Balaban J connectivity index is 2.04. The molecule has 1 saturated heterocycles. The molecule has 0 saturated carbocycles. The minimum atomic E-state index is 0.846. The SMILES string of the molecule is CC(C)=CCCC(C)CCN1CCOCC1. The first kappa shape index (κ1) is 13.7. The second-order valence-electron chi connectivity index (χ2n) is 5.21. The molecule has 16 heavy (non-hydrogen) atoms. The normalized spacial score (nSPS) is 19.4. The molecule has 0 aromatic carbocycles. The van der Waals surface area contributed by atoms with E-state index >= 15 is 0 Å². The molecule has 1 aliphatic heterocycles. The van der Waals surface area contributed by atoms with E-state index < -0.39 is 0 Å². The van der Waals surface area contributed by atoms with Crippen LogP contribution in [0.5, 0.6) is 0 Å². The maximum atomic E-state index is 5.35. The number of rotatable bonds is 6. The van der Waals surface area contributed by atoms with Gasteiger partial charge in [-0.2, -0.15) is 0 Å². The highest BCUT2D eigenvalue weighted by molar-refractivity contribution is 4.92. The van der Waals surface area contributed by atoms with Crippen LogP contribution in [0.1, 0.15) is 40.0 Å². The number of ether oxygens (including phenoxy) is 1. The van der Waals surface area contributed by atoms with Crippen LogP contribution in [0.15, 0.2) is 11.6 Å². The summed E-state index contributed by atoms with van der Waals surface area (Å²) in [7, 11) is 0. The Hall–Kier alpha value is -0.340.